The van der Waals surface area contributed by atoms with Crippen LogP contribution < -0.4 is 15.5 Å². The molecule has 0 radical (unpaired) electrons. The Morgan fingerprint density at radius 3 is 2.36 bits per heavy atom. The largest absolute Gasteiger partial charge is 0.378 e. The molecular weight excluding hydrogens is 463 g/mol. The lowest BCUT2D eigenvalue weighted by Crippen LogP contribution is -2.37. The maximum atomic E-state index is 5.42. The van der Waals surface area contributed by atoms with Crippen molar-refractivity contribution in [2.24, 2.45) is 4.99 Å². The number of hydrogen-bond acceptors (Lipinski definition) is 3. The molecule has 28 heavy (non-hydrogen) atoms. The van der Waals surface area contributed by atoms with Crippen molar-refractivity contribution in [2.75, 3.05) is 44.8 Å². The highest BCUT2D eigenvalue weighted by atomic mass is 127. The fourth-order valence-electron chi connectivity index (χ4n) is 3.20. The van der Waals surface area contributed by atoms with Gasteiger partial charge in [0.15, 0.2) is 5.96 Å². The van der Waals surface area contributed by atoms with Crippen LogP contribution >= 0.6 is 24.0 Å². The van der Waals surface area contributed by atoms with Gasteiger partial charge in [0.05, 0.1) is 13.2 Å². The van der Waals surface area contributed by atoms with Crippen LogP contribution in [0.5, 0.6) is 0 Å². The van der Waals surface area contributed by atoms with Crippen LogP contribution in [-0.4, -0.2) is 45.9 Å². The van der Waals surface area contributed by atoms with Gasteiger partial charge >= 0.3 is 0 Å². The molecule has 2 aromatic rings. The molecule has 6 heteroatoms. The molecule has 5 nitrogen and oxygen atoms in total. The number of aliphatic imine (C=N–C) groups is 1. The van der Waals surface area contributed by atoms with E-state index in [-0.39, 0.29) is 24.0 Å². The van der Waals surface area contributed by atoms with Crippen molar-refractivity contribution in [3.05, 3.63) is 65.7 Å². The Labute approximate surface area is 185 Å². The lowest BCUT2D eigenvalue weighted by atomic mass is 10.1. The number of halogens is 1. The third-order valence-corrected chi connectivity index (χ3v) is 4.77. The SMILES string of the molecule is CN=C(NCCCc1ccccc1)NCc1ccc(N2CCOCC2)cc1.I. The molecule has 3 rings (SSSR count). The molecule has 0 saturated carbocycles. The zero-order valence-corrected chi connectivity index (χ0v) is 18.9. The maximum Gasteiger partial charge on any atom is 0.191 e. The molecule has 0 aliphatic carbocycles. The first kappa shape index (κ1) is 22.5. The summed E-state index contributed by atoms with van der Waals surface area (Å²) in [4.78, 5) is 6.68. The van der Waals surface area contributed by atoms with Crippen molar-refractivity contribution < 1.29 is 4.74 Å². The highest BCUT2D eigenvalue weighted by Crippen LogP contribution is 2.16. The second kappa shape index (κ2) is 12.6. The molecule has 1 saturated heterocycles. The van der Waals surface area contributed by atoms with Crippen molar-refractivity contribution in [2.45, 2.75) is 19.4 Å². The first-order valence-corrected chi connectivity index (χ1v) is 9.75. The van der Waals surface area contributed by atoms with Crippen LogP contribution in [0.1, 0.15) is 17.5 Å². The van der Waals surface area contributed by atoms with E-state index < -0.39 is 0 Å². The number of nitrogens with one attached hydrogen (secondary N) is 2. The number of benzene rings is 2. The van der Waals surface area contributed by atoms with Gasteiger partial charge in [-0.3, -0.25) is 4.99 Å². The van der Waals surface area contributed by atoms with Gasteiger partial charge in [-0.1, -0.05) is 42.5 Å². The minimum absolute atomic E-state index is 0. The molecule has 0 spiro atoms. The van der Waals surface area contributed by atoms with Crippen LogP contribution in [0.15, 0.2) is 59.6 Å². The van der Waals surface area contributed by atoms with Crippen molar-refractivity contribution in [1.29, 1.82) is 0 Å². The zero-order chi connectivity index (χ0) is 18.7. The van der Waals surface area contributed by atoms with E-state index in [1.165, 1.54) is 16.8 Å². The Bertz CT molecular complexity index is 700. The molecule has 0 aromatic heterocycles. The van der Waals surface area contributed by atoms with Crippen molar-refractivity contribution >= 4 is 35.6 Å². The predicted octanol–water partition coefficient (Wildman–Crippen LogP) is 3.44. The molecule has 0 amide bonds. The molecule has 0 atom stereocenters. The predicted molar refractivity (Wildman–Crippen MR) is 128 cm³/mol. The van der Waals surface area contributed by atoms with Gasteiger partial charge in [-0.2, -0.15) is 0 Å². The fraction of sp³-hybridized carbons (Fsp3) is 0.409. The van der Waals surface area contributed by atoms with Crippen LogP contribution in [0.25, 0.3) is 0 Å². The molecule has 2 aromatic carbocycles. The van der Waals surface area contributed by atoms with E-state index in [2.05, 4.69) is 75.1 Å². The zero-order valence-electron chi connectivity index (χ0n) is 16.6. The van der Waals surface area contributed by atoms with Gasteiger partial charge in [-0.25, -0.2) is 0 Å². The Morgan fingerprint density at radius 1 is 0.964 bits per heavy atom. The van der Waals surface area contributed by atoms with E-state index in [0.29, 0.717) is 0 Å². The van der Waals surface area contributed by atoms with Crippen LogP contribution in [0, 0.1) is 0 Å². The molecule has 0 unspecified atom stereocenters. The summed E-state index contributed by atoms with van der Waals surface area (Å²) in [6.07, 6.45) is 2.16. The Balaban J connectivity index is 0.00000280. The van der Waals surface area contributed by atoms with Gasteiger partial charge in [-0.05, 0) is 36.1 Å². The van der Waals surface area contributed by atoms with Gasteiger partial charge < -0.3 is 20.3 Å². The molecule has 1 aliphatic rings. The van der Waals surface area contributed by atoms with E-state index in [4.69, 9.17) is 4.74 Å². The monoisotopic (exact) mass is 494 g/mol. The average Bonchev–Trinajstić information content (AvgIpc) is 2.75. The molecule has 1 heterocycles. The minimum atomic E-state index is 0. The maximum absolute atomic E-state index is 5.42. The summed E-state index contributed by atoms with van der Waals surface area (Å²) in [5, 5.41) is 6.78. The van der Waals surface area contributed by atoms with E-state index in [1.807, 2.05) is 7.05 Å². The van der Waals surface area contributed by atoms with E-state index in [0.717, 1.165) is 58.2 Å². The van der Waals surface area contributed by atoms with Gasteiger partial charge in [0.1, 0.15) is 0 Å². The second-order valence-corrected chi connectivity index (χ2v) is 6.71. The summed E-state index contributed by atoms with van der Waals surface area (Å²) in [5.41, 5.74) is 3.90. The van der Waals surface area contributed by atoms with Crippen molar-refractivity contribution in [3.63, 3.8) is 0 Å². The molecule has 1 fully saturated rings. The van der Waals surface area contributed by atoms with Gasteiger partial charge in [0.25, 0.3) is 0 Å². The number of hydrogen-bond donors (Lipinski definition) is 2. The van der Waals surface area contributed by atoms with Gasteiger partial charge in [-0.15, -0.1) is 24.0 Å². The van der Waals surface area contributed by atoms with Crippen molar-refractivity contribution in [3.8, 4) is 0 Å². The third kappa shape index (κ3) is 7.31. The number of aryl methyl sites for hydroxylation is 1. The standard InChI is InChI=1S/C22H30N4O.HI/c1-23-22(24-13-5-8-19-6-3-2-4-7-19)25-18-20-9-11-21(12-10-20)26-14-16-27-17-15-26;/h2-4,6-7,9-12H,5,8,13-18H2,1H3,(H2,23,24,25);1H. The molecule has 2 N–H and O–H groups in total. The highest BCUT2D eigenvalue weighted by molar-refractivity contribution is 14.0. The summed E-state index contributed by atoms with van der Waals surface area (Å²) in [6, 6.07) is 19.3. The molecule has 1 aliphatic heterocycles. The Hall–Kier alpha value is -1.80. The number of nitrogens with zero attached hydrogens (tertiary/aromatic N) is 2. The summed E-state index contributed by atoms with van der Waals surface area (Å²) in [6.45, 7) is 5.24. The second-order valence-electron chi connectivity index (χ2n) is 6.71. The van der Waals surface area contributed by atoms with E-state index in [1.54, 1.807) is 0 Å². The highest BCUT2D eigenvalue weighted by Gasteiger charge is 2.10. The first-order valence-electron chi connectivity index (χ1n) is 9.75. The molecule has 152 valence electrons. The number of ether oxygens (including phenoxy) is 1. The smallest absolute Gasteiger partial charge is 0.191 e. The average molecular weight is 494 g/mol. The fourth-order valence-corrected chi connectivity index (χ4v) is 3.20. The number of anilines is 1. The quantitative estimate of drug-likeness (QED) is 0.268. The summed E-state index contributed by atoms with van der Waals surface area (Å²) >= 11 is 0. The molecular formula is C22H31IN4O. The lowest BCUT2D eigenvalue weighted by Gasteiger charge is -2.28. The Morgan fingerprint density at radius 2 is 1.68 bits per heavy atom. The topological polar surface area (TPSA) is 48.9 Å². The van der Waals surface area contributed by atoms with Crippen molar-refractivity contribution in [1.82, 2.24) is 10.6 Å². The van der Waals surface area contributed by atoms with Gasteiger partial charge in [0.2, 0.25) is 0 Å². The lowest BCUT2D eigenvalue weighted by molar-refractivity contribution is 0.122. The van der Waals surface area contributed by atoms with Crippen LogP contribution in [0.2, 0.25) is 0 Å². The first-order chi connectivity index (χ1) is 13.3. The van der Waals surface area contributed by atoms with Crippen LogP contribution in [0.3, 0.4) is 0 Å². The third-order valence-electron chi connectivity index (χ3n) is 4.77. The number of guanidine groups is 1. The minimum Gasteiger partial charge on any atom is -0.378 e. The normalized spacial score (nSPS) is 14.3. The Kier molecular flexibility index (Phi) is 10.1. The summed E-state index contributed by atoms with van der Waals surface area (Å²) in [5.74, 6) is 0.848. The molecule has 0 bridgehead atoms. The van der Waals surface area contributed by atoms with Crippen LogP contribution in [0.4, 0.5) is 5.69 Å². The number of rotatable bonds is 7. The number of morpholine rings is 1. The van der Waals surface area contributed by atoms with Crippen LogP contribution in [-0.2, 0) is 17.7 Å². The summed E-state index contributed by atoms with van der Waals surface area (Å²) in [7, 11) is 1.81. The van der Waals surface area contributed by atoms with E-state index in [9.17, 15) is 0 Å². The summed E-state index contributed by atoms with van der Waals surface area (Å²) < 4.78 is 5.42. The van der Waals surface area contributed by atoms with Gasteiger partial charge in [0, 0.05) is 38.9 Å². The van der Waals surface area contributed by atoms with E-state index >= 15 is 0 Å².